The molecule has 0 aliphatic carbocycles. The summed E-state index contributed by atoms with van der Waals surface area (Å²) >= 11 is 7.44. The number of hydrogen-bond acceptors (Lipinski definition) is 3. The monoisotopic (exact) mass is 254 g/mol. The summed E-state index contributed by atoms with van der Waals surface area (Å²) in [5, 5.41) is 2.47. The number of nitrogens with zero attached hydrogens (tertiary/aromatic N) is 2. The second-order valence-corrected chi connectivity index (χ2v) is 4.87. The van der Waals surface area contributed by atoms with Crippen molar-refractivity contribution in [1.82, 2.24) is 9.55 Å². The van der Waals surface area contributed by atoms with Crippen LogP contribution in [-0.4, -0.2) is 15.3 Å². The molecule has 0 saturated heterocycles. The second-order valence-electron chi connectivity index (χ2n) is 3.62. The van der Waals surface area contributed by atoms with E-state index in [1.54, 1.807) is 6.20 Å². The van der Waals surface area contributed by atoms with Gasteiger partial charge in [0.1, 0.15) is 5.82 Å². The molecule has 0 bridgehead atoms. The molecule has 0 aliphatic rings. The summed E-state index contributed by atoms with van der Waals surface area (Å²) in [6.07, 6.45) is 3.80. The SMILES string of the molecule is Cc1csc(C(=O)Cc2nccn2C)c1Cl. The Morgan fingerprint density at radius 2 is 2.38 bits per heavy atom. The topological polar surface area (TPSA) is 34.9 Å². The molecule has 2 aromatic rings. The molecule has 0 fully saturated rings. The number of hydrogen-bond donors (Lipinski definition) is 0. The van der Waals surface area contributed by atoms with Crippen molar-refractivity contribution in [3.63, 3.8) is 0 Å². The van der Waals surface area contributed by atoms with Crippen molar-refractivity contribution in [2.75, 3.05) is 0 Å². The van der Waals surface area contributed by atoms with E-state index >= 15 is 0 Å². The third-order valence-electron chi connectivity index (χ3n) is 2.39. The summed E-state index contributed by atoms with van der Waals surface area (Å²) in [6, 6.07) is 0. The summed E-state index contributed by atoms with van der Waals surface area (Å²) in [6.45, 7) is 1.90. The summed E-state index contributed by atoms with van der Waals surface area (Å²) in [5.74, 6) is 0.782. The van der Waals surface area contributed by atoms with Crippen LogP contribution in [0.3, 0.4) is 0 Å². The molecule has 16 heavy (non-hydrogen) atoms. The quantitative estimate of drug-likeness (QED) is 0.790. The Balaban J connectivity index is 2.21. The van der Waals surface area contributed by atoms with Crippen LogP contribution in [0.15, 0.2) is 17.8 Å². The van der Waals surface area contributed by atoms with Gasteiger partial charge in [-0.15, -0.1) is 11.3 Å². The predicted octanol–water partition coefficient (Wildman–Crippen LogP) is 2.87. The Hall–Kier alpha value is -1.13. The van der Waals surface area contributed by atoms with Crippen molar-refractivity contribution < 1.29 is 4.79 Å². The summed E-state index contributed by atoms with van der Waals surface area (Å²) in [4.78, 5) is 16.7. The number of aryl methyl sites for hydroxylation is 2. The molecule has 2 rings (SSSR count). The molecular weight excluding hydrogens is 244 g/mol. The highest BCUT2D eigenvalue weighted by molar-refractivity contribution is 7.13. The second kappa shape index (κ2) is 4.39. The van der Waals surface area contributed by atoms with Gasteiger partial charge in [-0.2, -0.15) is 0 Å². The molecule has 2 aromatic heterocycles. The highest BCUT2D eigenvalue weighted by atomic mass is 35.5. The van der Waals surface area contributed by atoms with Crippen LogP contribution in [-0.2, 0) is 13.5 Å². The van der Waals surface area contributed by atoms with E-state index in [9.17, 15) is 4.79 Å². The fourth-order valence-corrected chi connectivity index (χ4v) is 2.65. The number of aromatic nitrogens is 2. The van der Waals surface area contributed by atoms with Gasteiger partial charge in [0.15, 0.2) is 5.78 Å². The number of ketones is 1. The predicted molar refractivity (Wildman–Crippen MR) is 65.3 cm³/mol. The first-order valence-corrected chi connectivity index (χ1v) is 6.08. The van der Waals surface area contributed by atoms with E-state index in [4.69, 9.17) is 11.6 Å². The summed E-state index contributed by atoms with van der Waals surface area (Å²) in [5.41, 5.74) is 0.954. The Morgan fingerprint density at radius 3 is 2.88 bits per heavy atom. The zero-order valence-electron chi connectivity index (χ0n) is 9.03. The van der Waals surface area contributed by atoms with E-state index in [0.29, 0.717) is 16.3 Å². The molecule has 0 saturated carbocycles. The Labute approximate surface area is 103 Å². The Morgan fingerprint density at radius 1 is 1.62 bits per heavy atom. The molecule has 0 atom stereocenters. The maximum Gasteiger partial charge on any atom is 0.181 e. The van der Waals surface area contributed by atoms with Crippen molar-refractivity contribution in [1.29, 1.82) is 0 Å². The van der Waals surface area contributed by atoms with Crippen LogP contribution >= 0.6 is 22.9 Å². The third kappa shape index (κ3) is 2.03. The molecule has 0 unspecified atom stereocenters. The van der Waals surface area contributed by atoms with E-state index in [0.717, 1.165) is 11.4 Å². The first-order chi connectivity index (χ1) is 7.59. The number of thiophene rings is 1. The fraction of sp³-hybridized carbons (Fsp3) is 0.273. The highest BCUT2D eigenvalue weighted by Crippen LogP contribution is 2.28. The maximum absolute atomic E-state index is 12.0. The third-order valence-corrected chi connectivity index (χ3v) is 4.13. The van der Waals surface area contributed by atoms with Gasteiger partial charge in [-0.1, -0.05) is 11.6 Å². The van der Waals surface area contributed by atoms with Gasteiger partial charge in [0.2, 0.25) is 0 Å². The number of carbonyl (C=O) groups is 1. The van der Waals surface area contributed by atoms with Crippen molar-refractivity contribution in [3.8, 4) is 0 Å². The lowest BCUT2D eigenvalue weighted by molar-refractivity contribution is 0.0994. The van der Waals surface area contributed by atoms with Gasteiger partial charge in [-0.3, -0.25) is 4.79 Å². The average molecular weight is 255 g/mol. The molecule has 0 aliphatic heterocycles. The van der Waals surface area contributed by atoms with Gasteiger partial charge < -0.3 is 4.57 Å². The molecule has 0 N–H and O–H groups in total. The van der Waals surface area contributed by atoms with Gasteiger partial charge in [-0.05, 0) is 17.9 Å². The van der Waals surface area contributed by atoms with Crippen LogP contribution in [0.1, 0.15) is 21.1 Å². The standard InChI is InChI=1S/C11H11ClN2OS/c1-7-6-16-11(10(7)12)8(15)5-9-13-3-4-14(9)2/h3-4,6H,5H2,1-2H3. The molecule has 3 nitrogen and oxygen atoms in total. The van der Waals surface area contributed by atoms with Crippen LogP contribution in [0.2, 0.25) is 5.02 Å². The molecule has 5 heteroatoms. The molecule has 0 spiro atoms. The first kappa shape index (κ1) is 11.4. The van der Waals surface area contributed by atoms with Gasteiger partial charge in [0.25, 0.3) is 0 Å². The lowest BCUT2D eigenvalue weighted by atomic mass is 10.2. The van der Waals surface area contributed by atoms with Crippen molar-refractivity contribution in [2.24, 2.45) is 7.05 Å². The van der Waals surface area contributed by atoms with Crippen molar-refractivity contribution in [2.45, 2.75) is 13.3 Å². The normalized spacial score (nSPS) is 10.7. The molecule has 0 amide bonds. The van der Waals surface area contributed by atoms with E-state index in [1.165, 1.54) is 11.3 Å². The van der Waals surface area contributed by atoms with Gasteiger partial charge in [0, 0.05) is 19.4 Å². The average Bonchev–Trinajstić information content (AvgIpc) is 2.77. The van der Waals surface area contributed by atoms with Gasteiger partial charge >= 0.3 is 0 Å². The molecule has 0 radical (unpaired) electrons. The van der Waals surface area contributed by atoms with Crippen LogP contribution in [0.25, 0.3) is 0 Å². The van der Waals surface area contributed by atoms with Gasteiger partial charge in [0.05, 0.1) is 16.3 Å². The van der Waals surface area contributed by atoms with Crippen LogP contribution in [0, 0.1) is 6.92 Å². The number of halogens is 1. The molecule has 0 aromatic carbocycles. The maximum atomic E-state index is 12.0. The molecular formula is C11H11ClN2OS. The number of rotatable bonds is 3. The number of imidazole rings is 1. The van der Waals surface area contributed by atoms with Crippen LogP contribution in [0.5, 0.6) is 0 Å². The summed E-state index contributed by atoms with van der Waals surface area (Å²) in [7, 11) is 1.87. The van der Waals surface area contributed by atoms with Crippen LogP contribution < -0.4 is 0 Å². The summed E-state index contributed by atoms with van der Waals surface area (Å²) < 4.78 is 1.84. The fourth-order valence-electron chi connectivity index (χ4n) is 1.41. The Kier molecular flexibility index (Phi) is 3.12. The smallest absolute Gasteiger partial charge is 0.181 e. The van der Waals surface area contributed by atoms with Crippen molar-refractivity contribution >= 4 is 28.7 Å². The largest absolute Gasteiger partial charge is 0.338 e. The molecule has 84 valence electrons. The molecule has 2 heterocycles. The Bertz CT molecular complexity index is 530. The zero-order chi connectivity index (χ0) is 11.7. The van der Waals surface area contributed by atoms with E-state index < -0.39 is 0 Å². The van der Waals surface area contributed by atoms with E-state index in [1.807, 2.05) is 30.1 Å². The van der Waals surface area contributed by atoms with Crippen molar-refractivity contribution in [3.05, 3.63) is 39.1 Å². The lowest BCUT2D eigenvalue weighted by Crippen LogP contribution is -2.07. The minimum Gasteiger partial charge on any atom is -0.338 e. The minimum absolute atomic E-state index is 0.0254. The minimum atomic E-state index is 0.0254. The van der Waals surface area contributed by atoms with E-state index in [2.05, 4.69) is 4.98 Å². The first-order valence-electron chi connectivity index (χ1n) is 4.82. The van der Waals surface area contributed by atoms with Gasteiger partial charge in [-0.25, -0.2) is 4.98 Å². The number of carbonyl (C=O) groups excluding carboxylic acids is 1. The van der Waals surface area contributed by atoms with E-state index in [-0.39, 0.29) is 5.78 Å². The van der Waals surface area contributed by atoms with Crippen LogP contribution in [0.4, 0.5) is 0 Å². The zero-order valence-corrected chi connectivity index (χ0v) is 10.6. The number of Topliss-reactive ketones (excluding diaryl/α,β-unsaturated/α-hetero) is 1. The highest BCUT2D eigenvalue weighted by Gasteiger charge is 2.16. The lowest BCUT2D eigenvalue weighted by Gasteiger charge is -2.00.